The van der Waals surface area contributed by atoms with E-state index in [9.17, 15) is 5.11 Å². The molecule has 16 heavy (non-hydrogen) atoms. The number of aliphatic imine (C=N–C) groups is 1. The monoisotopic (exact) mass is 220 g/mol. The zero-order valence-corrected chi connectivity index (χ0v) is 9.55. The van der Waals surface area contributed by atoms with Gasteiger partial charge in [0, 0.05) is 24.0 Å². The fourth-order valence-electron chi connectivity index (χ4n) is 1.86. The number of ether oxygens (including phenoxy) is 1. The molecule has 0 fully saturated rings. The molecule has 1 N–H and O–H groups in total. The highest BCUT2D eigenvalue weighted by Gasteiger charge is 2.17. The summed E-state index contributed by atoms with van der Waals surface area (Å²) in [6.45, 7) is 3.74. The molecule has 0 aliphatic carbocycles. The van der Waals surface area contributed by atoms with Gasteiger partial charge in [-0.15, -0.1) is 0 Å². The lowest BCUT2D eigenvalue weighted by atomic mass is 10.2. The predicted molar refractivity (Wildman–Crippen MR) is 64.8 cm³/mol. The first kappa shape index (κ1) is 10.8. The molecule has 0 amide bonds. The topological polar surface area (TPSA) is 45.1 Å². The molecule has 0 bridgehead atoms. The third kappa shape index (κ3) is 1.96. The van der Waals surface area contributed by atoms with E-state index in [2.05, 4.69) is 16.8 Å². The molecular formula is C12H16N2O2. The van der Waals surface area contributed by atoms with Crippen LogP contribution in [0, 0.1) is 0 Å². The molecule has 1 aliphatic heterocycles. The number of anilines is 1. The molecule has 86 valence electrons. The molecule has 4 nitrogen and oxygen atoms in total. The number of aromatic hydroxyl groups is 1. The lowest BCUT2D eigenvalue weighted by Gasteiger charge is -2.32. The normalized spacial score (nSPS) is 19.9. The number of phenolic OH excluding ortho intramolecular Hbond substituents is 1. The van der Waals surface area contributed by atoms with E-state index in [1.807, 2.05) is 18.3 Å². The largest absolute Gasteiger partial charge is 0.504 e. The molecular weight excluding hydrogens is 204 g/mol. The van der Waals surface area contributed by atoms with Crippen molar-refractivity contribution >= 4 is 11.9 Å². The van der Waals surface area contributed by atoms with Crippen LogP contribution in [0.3, 0.4) is 0 Å². The van der Waals surface area contributed by atoms with Gasteiger partial charge in [0.25, 0.3) is 0 Å². The Hall–Kier alpha value is -1.71. The lowest BCUT2D eigenvalue weighted by molar-refractivity contribution is 0.373. The summed E-state index contributed by atoms with van der Waals surface area (Å²) in [6, 6.07) is 5.78. The van der Waals surface area contributed by atoms with Gasteiger partial charge in [0.15, 0.2) is 11.5 Å². The van der Waals surface area contributed by atoms with Crippen molar-refractivity contribution in [3.05, 3.63) is 18.2 Å². The van der Waals surface area contributed by atoms with Gasteiger partial charge in [-0.1, -0.05) is 0 Å². The van der Waals surface area contributed by atoms with Crippen LogP contribution in [0.15, 0.2) is 23.2 Å². The number of benzene rings is 1. The molecule has 0 saturated carbocycles. The summed E-state index contributed by atoms with van der Waals surface area (Å²) in [5.41, 5.74) is 1.05. The van der Waals surface area contributed by atoms with Gasteiger partial charge in [-0.05, 0) is 19.1 Å². The number of methoxy groups -OCH3 is 1. The summed E-state index contributed by atoms with van der Waals surface area (Å²) in [6.07, 6.45) is 1.92. The molecule has 2 rings (SSSR count). The summed E-state index contributed by atoms with van der Waals surface area (Å²) in [4.78, 5) is 6.48. The maximum Gasteiger partial charge on any atom is 0.162 e. The van der Waals surface area contributed by atoms with Crippen LogP contribution in [0.1, 0.15) is 6.92 Å². The third-order valence-electron chi connectivity index (χ3n) is 2.80. The maximum absolute atomic E-state index is 9.53. The van der Waals surface area contributed by atoms with Gasteiger partial charge in [0.05, 0.1) is 20.2 Å². The van der Waals surface area contributed by atoms with Crippen LogP contribution < -0.4 is 9.64 Å². The van der Waals surface area contributed by atoms with Crippen molar-refractivity contribution in [3.63, 3.8) is 0 Å². The minimum absolute atomic E-state index is 0.171. The summed E-state index contributed by atoms with van der Waals surface area (Å²) in [7, 11) is 1.56. The highest BCUT2D eigenvalue weighted by atomic mass is 16.5. The van der Waals surface area contributed by atoms with Crippen molar-refractivity contribution in [2.45, 2.75) is 13.0 Å². The molecule has 1 aromatic rings. The van der Waals surface area contributed by atoms with Crippen LogP contribution in [-0.2, 0) is 0 Å². The van der Waals surface area contributed by atoms with Crippen molar-refractivity contribution < 1.29 is 9.84 Å². The second-order valence-electron chi connectivity index (χ2n) is 3.91. The van der Waals surface area contributed by atoms with Crippen LogP contribution in [0.4, 0.5) is 5.69 Å². The summed E-state index contributed by atoms with van der Waals surface area (Å²) in [5.74, 6) is 0.678. The van der Waals surface area contributed by atoms with E-state index in [0.717, 1.165) is 18.8 Å². The zero-order chi connectivity index (χ0) is 11.5. The Labute approximate surface area is 95.2 Å². The van der Waals surface area contributed by atoms with E-state index in [0.29, 0.717) is 11.8 Å². The Morgan fingerprint density at radius 1 is 1.50 bits per heavy atom. The standard InChI is InChI=1S/C12H16N2O2/c1-9-8-13-5-6-14(9)10-3-4-11(15)12(7-10)16-2/h3-5,7,9,15H,6,8H2,1-2H3. The molecule has 1 aliphatic rings. The molecule has 0 saturated heterocycles. The first-order chi connectivity index (χ1) is 7.72. The highest BCUT2D eigenvalue weighted by Crippen LogP contribution is 2.31. The zero-order valence-electron chi connectivity index (χ0n) is 9.55. The molecule has 1 unspecified atom stereocenters. The van der Waals surface area contributed by atoms with Gasteiger partial charge in [0.2, 0.25) is 0 Å². The second-order valence-corrected chi connectivity index (χ2v) is 3.91. The molecule has 1 aromatic carbocycles. The Bertz CT molecular complexity index is 404. The number of hydrogen-bond donors (Lipinski definition) is 1. The van der Waals surface area contributed by atoms with Gasteiger partial charge >= 0.3 is 0 Å². The van der Waals surface area contributed by atoms with Crippen molar-refractivity contribution in [1.29, 1.82) is 0 Å². The van der Waals surface area contributed by atoms with Gasteiger partial charge in [-0.3, -0.25) is 4.99 Å². The first-order valence-electron chi connectivity index (χ1n) is 5.34. The van der Waals surface area contributed by atoms with Crippen LogP contribution >= 0.6 is 0 Å². The average molecular weight is 220 g/mol. The molecule has 0 spiro atoms. The van der Waals surface area contributed by atoms with E-state index >= 15 is 0 Å². The van der Waals surface area contributed by atoms with Gasteiger partial charge in [0.1, 0.15) is 0 Å². The molecule has 0 radical (unpaired) electrons. The number of nitrogens with zero attached hydrogens (tertiary/aromatic N) is 2. The highest BCUT2D eigenvalue weighted by molar-refractivity contribution is 5.69. The minimum atomic E-state index is 0.171. The Balaban J connectivity index is 2.29. The fourth-order valence-corrected chi connectivity index (χ4v) is 1.86. The summed E-state index contributed by atoms with van der Waals surface area (Å²) < 4.78 is 5.10. The van der Waals surface area contributed by atoms with Crippen molar-refractivity contribution in [1.82, 2.24) is 0 Å². The molecule has 1 heterocycles. The van der Waals surface area contributed by atoms with Crippen LogP contribution in [0.2, 0.25) is 0 Å². The van der Waals surface area contributed by atoms with E-state index in [1.54, 1.807) is 13.2 Å². The number of phenols is 1. The van der Waals surface area contributed by atoms with Crippen LogP contribution in [0.25, 0.3) is 0 Å². The lowest BCUT2D eigenvalue weighted by Crippen LogP contribution is -2.39. The minimum Gasteiger partial charge on any atom is -0.504 e. The van der Waals surface area contributed by atoms with E-state index in [-0.39, 0.29) is 5.75 Å². The van der Waals surface area contributed by atoms with Crippen LogP contribution in [0.5, 0.6) is 11.5 Å². The van der Waals surface area contributed by atoms with E-state index in [1.165, 1.54) is 0 Å². The summed E-state index contributed by atoms with van der Waals surface area (Å²) >= 11 is 0. The summed E-state index contributed by atoms with van der Waals surface area (Å²) in [5, 5.41) is 9.53. The maximum atomic E-state index is 9.53. The van der Waals surface area contributed by atoms with Gasteiger partial charge in [-0.25, -0.2) is 0 Å². The Morgan fingerprint density at radius 2 is 2.31 bits per heavy atom. The van der Waals surface area contributed by atoms with Crippen molar-refractivity contribution in [2.75, 3.05) is 25.1 Å². The Morgan fingerprint density at radius 3 is 3.00 bits per heavy atom. The quantitative estimate of drug-likeness (QED) is 0.824. The second kappa shape index (κ2) is 4.43. The predicted octanol–water partition coefficient (Wildman–Crippen LogP) is 1.68. The first-order valence-corrected chi connectivity index (χ1v) is 5.34. The van der Waals surface area contributed by atoms with E-state index < -0.39 is 0 Å². The average Bonchev–Trinajstić information content (AvgIpc) is 2.31. The number of rotatable bonds is 2. The van der Waals surface area contributed by atoms with Crippen molar-refractivity contribution in [3.8, 4) is 11.5 Å². The van der Waals surface area contributed by atoms with Crippen molar-refractivity contribution in [2.24, 2.45) is 4.99 Å². The fraction of sp³-hybridized carbons (Fsp3) is 0.417. The third-order valence-corrected chi connectivity index (χ3v) is 2.80. The van der Waals surface area contributed by atoms with Gasteiger partial charge < -0.3 is 14.7 Å². The van der Waals surface area contributed by atoms with Crippen LogP contribution in [-0.4, -0.2) is 37.6 Å². The molecule has 1 atom stereocenters. The number of hydrogen-bond acceptors (Lipinski definition) is 4. The van der Waals surface area contributed by atoms with E-state index in [4.69, 9.17) is 4.74 Å². The smallest absolute Gasteiger partial charge is 0.162 e. The Kier molecular flexibility index (Phi) is 2.99. The molecule has 4 heteroatoms. The SMILES string of the molecule is COc1cc(N2CC=NCC2C)ccc1O. The van der Waals surface area contributed by atoms with Gasteiger partial charge in [-0.2, -0.15) is 0 Å². The molecule has 0 aromatic heterocycles.